The van der Waals surface area contributed by atoms with Gasteiger partial charge in [-0.1, -0.05) is 61.5 Å². The number of amides is 3. The normalized spacial score (nSPS) is 11.4. The van der Waals surface area contributed by atoms with Gasteiger partial charge < -0.3 is 25.2 Å². The highest BCUT2D eigenvalue weighted by atomic mass is 16.6. The number of nitrogens with zero attached hydrogens (tertiary/aromatic N) is 2. The van der Waals surface area contributed by atoms with E-state index in [2.05, 4.69) is 20.4 Å². The minimum atomic E-state index is -0.677. The van der Waals surface area contributed by atoms with Gasteiger partial charge in [0.05, 0.1) is 19.7 Å². The molecule has 1 atom stereocenters. The minimum Gasteiger partial charge on any atom is -0.507 e. The Balaban J connectivity index is 0.00000154. The Morgan fingerprint density at radius 3 is 2.27 bits per heavy atom. The Morgan fingerprint density at radius 2 is 1.65 bits per heavy atom. The highest BCUT2D eigenvalue weighted by molar-refractivity contribution is 6.00. The third kappa shape index (κ3) is 11.6. The number of aromatic nitrogens is 1. The molecule has 0 aliphatic carbocycles. The van der Waals surface area contributed by atoms with Crippen molar-refractivity contribution in [3.8, 4) is 16.9 Å². The van der Waals surface area contributed by atoms with Crippen molar-refractivity contribution in [2.45, 2.75) is 65.5 Å². The lowest BCUT2D eigenvalue weighted by molar-refractivity contribution is -0.126. The number of carbonyl (C=O) groups excluding carboxylic acids is 4. The van der Waals surface area contributed by atoms with E-state index in [1.54, 1.807) is 39.1 Å². The summed E-state index contributed by atoms with van der Waals surface area (Å²) < 4.78 is 9.41. The van der Waals surface area contributed by atoms with E-state index in [0.29, 0.717) is 25.1 Å². The molecule has 1 aromatic heterocycles. The number of pyridine rings is 1. The Kier molecular flexibility index (Phi) is 14.1. The summed E-state index contributed by atoms with van der Waals surface area (Å²) in [4.78, 5) is 52.9. The highest BCUT2D eigenvalue weighted by Gasteiger charge is 2.24. The zero-order valence-corrected chi connectivity index (χ0v) is 29.0. The van der Waals surface area contributed by atoms with E-state index in [1.165, 1.54) is 12.0 Å². The lowest BCUT2D eigenvalue weighted by Gasteiger charge is -2.27. The van der Waals surface area contributed by atoms with Crippen LogP contribution in [0.3, 0.4) is 0 Å². The lowest BCUT2D eigenvalue weighted by Crippen LogP contribution is -2.40. The van der Waals surface area contributed by atoms with Crippen LogP contribution < -0.4 is 15.5 Å². The molecule has 1 unspecified atom stereocenters. The fraction of sp³-hybridized carbons (Fsp3) is 0.342. The van der Waals surface area contributed by atoms with Crippen LogP contribution in [-0.2, 0) is 23.9 Å². The second-order valence-corrected chi connectivity index (χ2v) is 12.4. The van der Waals surface area contributed by atoms with Crippen LogP contribution in [0.4, 0.5) is 10.6 Å². The van der Waals surface area contributed by atoms with Crippen LogP contribution in [0.1, 0.15) is 64.1 Å². The number of ether oxygens (including phenoxy) is 2. The number of benzene rings is 3. The molecular weight excluding hydrogens is 624 g/mol. The van der Waals surface area contributed by atoms with Gasteiger partial charge in [-0.05, 0) is 86.4 Å². The van der Waals surface area contributed by atoms with E-state index in [4.69, 9.17) is 9.53 Å². The van der Waals surface area contributed by atoms with E-state index in [0.717, 1.165) is 33.0 Å². The molecule has 3 N–H and O–H groups in total. The summed E-state index contributed by atoms with van der Waals surface area (Å²) in [5, 5.41) is 17.7. The maximum Gasteiger partial charge on any atom is 0.416 e. The number of fused-ring (bicyclic) bond motifs is 1. The molecule has 0 saturated carbocycles. The van der Waals surface area contributed by atoms with Gasteiger partial charge in [0, 0.05) is 24.5 Å². The molecule has 4 rings (SSSR count). The van der Waals surface area contributed by atoms with Crippen molar-refractivity contribution in [2.75, 3.05) is 25.1 Å². The second kappa shape index (κ2) is 18.2. The minimum absolute atomic E-state index is 0.128. The SMILES string of the molecule is CCC(NC(=O)CNC(=O)CCCN(C(=O)OC(C)(C)C)c1cc(C)ccn1)c1ccc(-c2ccc(O)c3ccccc23)cc1.COC=O. The number of anilines is 1. The van der Waals surface area contributed by atoms with Gasteiger partial charge in [-0.2, -0.15) is 0 Å². The molecule has 3 amide bonds. The predicted octanol–water partition coefficient (Wildman–Crippen LogP) is 6.61. The summed E-state index contributed by atoms with van der Waals surface area (Å²) in [6.07, 6.45) is 2.26. The number of aromatic hydroxyl groups is 1. The van der Waals surface area contributed by atoms with Gasteiger partial charge in [0.15, 0.2) is 0 Å². The number of methoxy groups -OCH3 is 1. The zero-order valence-electron chi connectivity index (χ0n) is 29.0. The van der Waals surface area contributed by atoms with Gasteiger partial charge in [0.2, 0.25) is 11.8 Å². The Morgan fingerprint density at radius 1 is 0.980 bits per heavy atom. The summed E-state index contributed by atoms with van der Waals surface area (Å²) in [6.45, 7) is 9.74. The fourth-order valence-electron chi connectivity index (χ4n) is 5.05. The van der Waals surface area contributed by atoms with Crippen molar-refractivity contribution < 1.29 is 33.8 Å². The van der Waals surface area contributed by atoms with Gasteiger partial charge in [-0.25, -0.2) is 9.78 Å². The first-order valence-corrected chi connectivity index (χ1v) is 16.1. The number of aryl methyl sites for hydroxylation is 1. The smallest absolute Gasteiger partial charge is 0.416 e. The molecule has 0 radical (unpaired) electrons. The van der Waals surface area contributed by atoms with Crippen molar-refractivity contribution in [3.05, 3.63) is 90.1 Å². The third-order valence-electron chi connectivity index (χ3n) is 7.39. The standard InChI is InChI=1S/C36H42N4O5.C2H4O2/c1-6-30(26-15-13-25(14-16-26)27-17-18-31(41)29-11-8-7-10-28(27)29)39-34(43)23-38-33(42)12-9-21-40(35(44)45-36(3,4)5)32-22-24(2)19-20-37-32;1-4-2-3/h7-8,10-11,13-20,22,30,41H,6,9,12,21,23H2,1-5H3,(H,38,42)(H,39,43);2H,1H3. The van der Waals surface area contributed by atoms with Crippen LogP contribution in [0.5, 0.6) is 5.75 Å². The van der Waals surface area contributed by atoms with Crippen LogP contribution in [0.25, 0.3) is 21.9 Å². The Bertz CT molecular complexity index is 1720. The van der Waals surface area contributed by atoms with E-state index >= 15 is 0 Å². The van der Waals surface area contributed by atoms with Gasteiger partial charge in [-0.15, -0.1) is 0 Å². The molecule has 1 heterocycles. The Labute approximate surface area is 287 Å². The number of rotatable bonds is 12. The van der Waals surface area contributed by atoms with Gasteiger partial charge in [0.1, 0.15) is 17.2 Å². The third-order valence-corrected chi connectivity index (χ3v) is 7.39. The maximum atomic E-state index is 12.9. The maximum absolute atomic E-state index is 12.9. The summed E-state index contributed by atoms with van der Waals surface area (Å²) in [5.74, 6) is 0.126. The molecule has 260 valence electrons. The molecule has 49 heavy (non-hydrogen) atoms. The molecule has 0 spiro atoms. The number of hydrogen-bond acceptors (Lipinski definition) is 8. The van der Waals surface area contributed by atoms with Crippen LogP contribution in [-0.4, -0.2) is 60.3 Å². The van der Waals surface area contributed by atoms with Crippen molar-refractivity contribution in [2.24, 2.45) is 0 Å². The summed E-state index contributed by atoms with van der Waals surface area (Å²) in [5.41, 5.74) is 3.25. The van der Waals surface area contributed by atoms with E-state index in [9.17, 15) is 19.5 Å². The van der Waals surface area contributed by atoms with Crippen LogP contribution >= 0.6 is 0 Å². The number of nitrogens with one attached hydrogen (secondary N) is 2. The number of phenols is 1. The second-order valence-electron chi connectivity index (χ2n) is 12.4. The molecular formula is C38H46N4O7. The number of hydrogen-bond donors (Lipinski definition) is 3. The van der Waals surface area contributed by atoms with Crippen molar-refractivity contribution in [1.82, 2.24) is 15.6 Å². The van der Waals surface area contributed by atoms with E-state index in [-0.39, 0.29) is 43.1 Å². The predicted molar refractivity (Wildman–Crippen MR) is 190 cm³/mol. The highest BCUT2D eigenvalue weighted by Crippen LogP contribution is 2.34. The average Bonchev–Trinajstić information content (AvgIpc) is 3.08. The average molecular weight is 671 g/mol. The van der Waals surface area contributed by atoms with Gasteiger partial charge in [0.25, 0.3) is 6.47 Å². The summed E-state index contributed by atoms with van der Waals surface area (Å²) in [6, 6.07) is 22.8. The number of phenolic OH excluding ortho intramolecular Hbond substituents is 1. The first-order valence-electron chi connectivity index (χ1n) is 16.1. The van der Waals surface area contributed by atoms with Crippen LogP contribution in [0, 0.1) is 6.92 Å². The molecule has 0 bridgehead atoms. The first kappa shape index (κ1) is 38.0. The van der Waals surface area contributed by atoms with Crippen molar-refractivity contribution >= 4 is 41.0 Å². The molecule has 4 aromatic rings. The molecule has 11 nitrogen and oxygen atoms in total. The van der Waals surface area contributed by atoms with Gasteiger partial charge >= 0.3 is 6.09 Å². The topological polar surface area (TPSA) is 147 Å². The monoisotopic (exact) mass is 670 g/mol. The molecule has 0 aliphatic heterocycles. The molecule has 11 heteroatoms. The molecule has 0 fully saturated rings. The largest absolute Gasteiger partial charge is 0.507 e. The summed E-state index contributed by atoms with van der Waals surface area (Å²) in [7, 11) is 1.31. The van der Waals surface area contributed by atoms with Crippen LogP contribution in [0.15, 0.2) is 79.0 Å². The van der Waals surface area contributed by atoms with Crippen molar-refractivity contribution in [3.63, 3.8) is 0 Å². The van der Waals surface area contributed by atoms with E-state index < -0.39 is 11.7 Å². The van der Waals surface area contributed by atoms with Gasteiger partial charge in [-0.3, -0.25) is 19.3 Å². The molecule has 3 aromatic carbocycles. The molecule has 0 aliphatic rings. The molecule has 0 saturated heterocycles. The summed E-state index contributed by atoms with van der Waals surface area (Å²) >= 11 is 0. The zero-order chi connectivity index (χ0) is 36.0. The van der Waals surface area contributed by atoms with Crippen LogP contribution in [0.2, 0.25) is 0 Å². The quantitative estimate of drug-likeness (QED) is 0.143. The number of carbonyl (C=O) groups is 4. The lowest BCUT2D eigenvalue weighted by atomic mass is 9.95. The Hall–Kier alpha value is -5.45. The van der Waals surface area contributed by atoms with Crippen molar-refractivity contribution in [1.29, 1.82) is 0 Å². The van der Waals surface area contributed by atoms with E-state index in [1.807, 2.05) is 74.5 Å². The first-order chi connectivity index (χ1) is 23.4. The fourth-order valence-corrected chi connectivity index (χ4v) is 5.05.